The van der Waals surface area contributed by atoms with E-state index in [2.05, 4.69) is 30.9 Å². The average Bonchev–Trinajstić information content (AvgIpc) is 2.83. The number of primary amides is 1. The van der Waals surface area contributed by atoms with Crippen LogP contribution in [0.3, 0.4) is 0 Å². The Morgan fingerprint density at radius 1 is 1.48 bits per heavy atom. The van der Waals surface area contributed by atoms with Crippen LogP contribution in [0.4, 0.5) is 4.79 Å². The Labute approximate surface area is 157 Å². The quantitative estimate of drug-likeness (QED) is 0.363. The molecule has 11 heteroatoms. The van der Waals surface area contributed by atoms with Gasteiger partial charge in [0.25, 0.3) is 0 Å². The summed E-state index contributed by atoms with van der Waals surface area (Å²) in [5.74, 6) is 2.16. The number of halogens is 2. The normalized spacial score (nSPS) is 10.7. The van der Waals surface area contributed by atoms with Crippen molar-refractivity contribution in [2.24, 2.45) is 10.7 Å². The Bertz CT molecular complexity index is 484. The smallest absolute Gasteiger partial charge is 0.341 e. The van der Waals surface area contributed by atoms with Crippen LogP contribution in [0.2, 0.25) is 0 Å². The zero-order valence-corrected chi connectivity index (χ0v) is 16.6. The van der Waals surface area contributed by atoms with Gasteiger partial charge in [-0.2, -0.15) is 16.8 Å². The molecule has 0 aliphatic heterocycles. The average molecular weight is 403 g/mol. The highest BCUT2D eigenvalue weighted by atomic mass is 35.5. The van der Waals surface area contributed by atoms with E-state index < -0.39 is 6.03 Å². The van der Waals surface area contributed by atoms with Crippen molar-refractivity contribution in [1.29, 1.82) is 0 Å². The van der Waals surface area contributed by atoms with Crippen LogP contribution in [0, 0.1) is 0 Å². The van der Waals surface area contributed by atoms with Crippen LogP contribution in [-0.2, 0) is 12.3 Å². The summed E-state index contributed by atoms with van der Waals surface area (Å²) in [4.78, 5) is 20.9. The summed E-state index contributed by atoms with van der Waals surface area (Å²) in [7, 11) is 5.76. The van der Waals surface area contributed by atoms with Gasteiger partial charge in [0.1, 0.15) is 5.01 Å². The van der Waals surface area contributed by atoms with Crippen molar-refractivity contribution >= 4 is 59.9 Å². The van der Waals surface area contributed by atoms with Crippen LogP contribution in [0.5, 0.6) is 0 Å². The lowest BCUT2D eigenvalue weighted by atomic mass is 10.5. The van der Waals surface area contributed by atoms with Gasteiger partial charge in [0.2, 0.25) is 5.96 Å². The Kier molecular flexibility index (Phi) is 14.6. The summed E-state index contributed by atoms with van der Waals surface area (Å²) in [6, 6.07) is -0.713. The Hall–Kier alpha value is -0.740. The highest BCUT2D eigenvalue weighted by Gasteiger charge is 2.03. The summed E-state index contributed by atoms with van der Waals surface area (Å²) in [6.45, 7) is 1.58. The molecule has 134 valence electrons. The predicted octanol–water partition coefficient (Wildman–Crippen LogP) is 1.53. The van der Waals surface area contributed by atoms with Gasteiger partial charge in [-0.3, -0.25) is 0 Å². The zero-order valence-electron chi connectivity index (χ0n) is 13.4. The van der Waals surface area contributed by atoms with Crippen molar-refractivity contribution in [2.45, 2.75) is 12.3 Å². The number of urea groups is 1. The second-order valence-corrected chi connectivity index (χ2v) is 6.55. The number of amides is 2. The zero-order chi connectivity index (χ0) is 15.7. The minimum Gasteiger partial charge on any atom is -0.359 e. The minimum atomic E-state index is -0.713. The standard InChI is InChI=1S/C12H22N6OS2.2ClH/c1-14-12(17-11(13)19)15-4-5-20-7-9-8-21-10(16-9)6-18(2)3;;/h8H,4-7H2,1-3H3,(H4,13,14,15,17,19);2*1H. The maximum atomic E-state index is 10.7. The van der Waals surface area contributed by atoms with E-state index in [9.17, 15) is 4.79 Å². The van der Waals surface area contributed by atoms with E-state index in [0.29, 0.717) is 12.5 Å². The first kappa shape index (κ1) is 24.5. The second-order valence-electron chi connectivity index (χ2n) is 4.50. The number of hydrogen-bond acceptors (Lipinski definition) is 5. The number of rotatable bonds is 7. The number of guanidine groups is 1. The fraction of sp³-hybridized carbons (Fsp3) is 0.583. The van der Waals surface area contributed by atoms with Crippen LogP contribution in [-0.4, -0.2) is 55.3 Å². The van der Waals surface area contributed by atoms with Crippen molar-refractivity contribution in [3.05, 3.63) is 16.1 Å². The number of thioether (sulfide) groups is 1. The summed E-state index contributed by atoms with van der Waals surface area (Å²) in [5, 5.41) is 9.03. The number of nitrogens with one attached hydrogen (secondary N) is 2. The van der Waals surface area contributed by atoms with Gasteiger partial charge in [0.05, 0.1) is 5.69 Å². The molecule has 1 heterocycles. The first-order chi connectivity index (χ1) is 10.0. The largest absolute Gasteiger partial charge is 0.359 e. The van der Waals surface area contributed by atoms with Crippen molar-refractivity contribution in [3.8, 4) is 0 Å². The van der Waals surface area contributed by atoms with Crippen LogP contribution in [0.1, 0.15) is 10.7 Å². The van der Waals surface area contributed by atoms with Crippen molar-refractivity contribution < 1.29 is 4.79 Å². The maximum Gasteiger partial charge on any atom is 0.341 e. The lowest BCUT2D eigenvalue weighted by Crippen LogP contribution is -2.37. The lowest BCUT2D eigenvalue weighted by molar-refractivity contribution is 0.256. The molecule has 0 atom stereocenters. The third-order valence-corrected chi connectivity index (χ3v) is 4.17. The summed E-state index contributed by atoms with van der Waals surface area (Å²) >= 11 is 3.47. The van der Waals surface area contributed by atoms with Gasteiger partial charge in [0.15, 0.2) is 0 Å². The SMILES string of the molecule is CNC(=NC(N)=O)NCCSCc1csc(CN(C)C)n1.Cl.Cl. The van der Waals surface area contributed by atoms with Gasteiger partial charge in [-0.05, 0) is 14.1 Å². The van der Waals surface area contributed by atoms with Gasteiger partial charge in [-0.15, -0.1) is 36.2 Å². The van der Waals surface area contributed by atoms with Gasteiger partial charge in [-0.1, -0.05) is 0 Å². The maximum absolute atomic E-state index is 10.7. The molecule has 4 N–H and O–H groups in total. The number of carbonyl (C=O) groups excluding carboxylic acids is 1. The van der Waals surface area contributed by atoms with Crippen LogP contribution in [0.15, 0.2) is 10.4 Å². The second kappa shape index (κ2) is 13.7. The van der Waals surface area contributed by atoms with Crippen molar-refractivity contribution in [1.82, 2.24) is 20.5 Å². The molecular weight excluding hydrogens is 379 g/mol. The van der Waals surface area contributed by atoms with Gasteiger partial charge < -0.3 is 21.3 Å². The lowest BCUT2D eigenvalue weighted by Gasteiger charge is -2.07. The molecule has 0 aliphatic carbocycles. The molecule has 23 heavy (non-hydrogen) atoms. The van der Waals surface area contributed by atoms with Crippen LogP contribution >= 0.6 is 47.9 Å². The number of nitrogens with two attached hydrogens (primary N) is 1. The van der Waals surface area contributed by atoms with E-state index in [-0.39, 0.29) is 24.8 Å². The molecule has 1 aromatic heterocycles. The monoisotopic (exact) mass is 402 g/mol. The van der Waals surface area contributed by atoms with Gasteiger partial charge in [0, 0.05) is 37.0 Å². The van der Waals surface area contributed by atoms with Crippen LogP contribution < -0.4 is 16.4 Å². The number of hydrogen-bond donors (Lipinski definition) is 3. The summed E-state index contributed by atoms with van der Waals surface area (Å²) in [5.41, 5.74) is 6.10. The van der Waals surface area contributed by atoms with Gasteiger partial charge in [-0.25, -0.2) is 9.78 Å². The van der Waals surface area contributed by atoms with Gasteiger partial charge >= 0.3 is 6.03 Å². The molecular formula is C12H24Cl2N6OS2. The van der Waals surface area contributed by atoms with E-state index in [1.165, 1.54) is 0 Å². The van der Waals surface area contributed by atoms with E-state index >= 15 is 0 Å². The molecule has 0 unspecified atom stereocenters. The number of nitrogens with zero attached hydrogens (tertiary/aromatic N) is 3. The first-order valence-corrected chi connectivity index (χ1v) is 8.50. The third-order valence-electron chi connectivity index (χ3n) is 2.30. The van der Waals surface area contributed by atoms with Crippen molar-refractivity contribution in [2.75, 3.05) is 33.4 Å². The fourth-order valence-corrected chi connectivity index (χ4v) is 3.23. The van der Waals surface area contributed by atoms with Crippen molar-refractivity contribution in [3.63, 3.8) is 0 Å². The summed E-state index contributed by atoms with van der Waals surface area (Å²) < 4.78 is 0. The molecule has 0 aliphatic rings. The van der Waals surface area contributed by atoms with E-state index in [1.807, 2.05) is 14.1 Å². The van der Waals surface area contributed by atoms with E-state index in [1.54, 1.807) is 30.1 Å². The Morgan fingerprint density at radius 3 is 2.74 bits per heavy atom. The molecule has 2 amide bonds. The molecule has 7 nitrogen and oxygen atoms in total. The molecule has 0 aromatic carbocycles. The minimum absolute atomic E-state index is 0. The number of aromatic nitrogens is 1. The summed E-state index contributed by atoms with van der Waals surface area (Å²) in [6.07, 6.45) is 0. The molecule has 0 spiro atoms. The molecule has 0 radical (unpaired) electrons. The highest BCUT2D eigenvalue weighted by molar-refractivity contribution is 7.98. The molecule has 0 saturated heterocycles. The molecule has 0 saturated carbocycles. The van der Waals surface area contributed by atoms with Crippen LogP contribution in [0.25, 0.3) is 0 Å². The number of aliphatic imine (C=N–C) groups is 1. The molecule has 1 rings (SSSR count). The first-order valence-electron chi connectivity index (χ1n) is 6.46. The number of carbonyl (C=O) groups is 1. The Morgan fingerprint density at radius 2 is 2.17 bits per heavy atom. The highest BCUT2D eigenvalue weighted by Crippen LogP contribution is 2.16. The molecule has 0 bridgehead atoms. The number of thiazole rings is 1. The van der Waals surface area contributed by atoms with E-state index in [0.717, 1.165) is 28.8 Å². The predicted molar refractivity (Wildman–Crippen MR) is 104 cm³/mol. The Balaban J connectivity index is 0. The third kappa shape index (κ3) is 11.4. The molecule has 1 aromatic rings. The molecule has 0 fully saturated rings. The van der Waals surface area contributed by atoms with E-state index in [4.69, 9.17) is 5.73 Å². The fourth-order valence-electron chi connectivity index (χ4n) is 1.47. The topological polar surface area (TPSA) is 95.6 Å².